The van der Waals surface area contributed by atoms with Crippen LogP contribution in [0.25, 0.3) is 0 Å². The van der Waals surface area contributed by atoms with E-state index in [0.29, 0.717) is 6.61 Å². The second-order valence-corrected chi connectivity index (χ2v) is 14.1. The van der Waals surface area contributed by atoms with Gasteiger partial charge in [-0.15, -0.1) is 0 Å². The van der Waals surface area contributed by atoms with Gasteiger partial charge in [-0.1, -0.05) is 206 Å². The minimum atomic E-state index is 0.373. The third-order valence-electron chi connectivity index (χ3n) is 9.05. The molecule has 0 amide bonds. The largest absolute Gasteiger partial charge is 0.396 e. The molecule has 0 aromatic carbocycles. The van der Waals surface area contributed by atoms with Gasteiger partial charge in [0.05, 0.1) is 0 Å². The van der Waals surface area contributed by atoms with E-state index in [2.05, 4.69) is 32.8 Å². The molecule has 0 rings (SSSR count). The molecule has 0 saturated heterocycles. The van der Waals surface area contributed by atoms with Crippen LogP contribution >= 0.6 is 0 Å². The summed E-state index contributed by atoms with van der Waals surface area (Å²) >= 11 is 0. The fraction of sp³-hybridized carbons (Fsp3) is 1.00. The number of unbranched alkanes of at least 4 members (excludes halogenated alkanes) is 30. The lowest BCUT2D eigenvalue weighted by atomic mass is 10.0. The minimum absolute atomic E-state index is 0.373. The summed E-state index contributed by atoms with van der Waals surface area (Å²) in [6, 6.07) is 0. The van der Waals surface area contributed by atoms with Crippen molar-refractivity contribution in [3.8, 4) is 0 Å². The van der Waals surface area contributed by atoms with Crippen molar-refractivity contribution in [3.63, 3.8) is 0 Å². The molecule has 0 unspecified atom stereocenters. The average molecular weight is 626 g/mol. The van der Waals surface area contributed by atoms with E-state index in [0.717, 1.165) is 32.6 Å². The maximum absolute atomic E-state index is 8.67. The standard InChI is InChI=1S/C23H49NO.C18H38O/c1-4-5-6-7-8-9-10-11-12-13-14-15-16-17-18-19-22-25-23-20-21-24(2)3;1-2-3-4-5-6-7-8-9-10-11-12-13-14-15-16-17-18-19/h4-23H2,1-3H3;19H,2-18H2,1H3. The molecule has 0 bridgehead atoms. The summed E-state index contributed by atoms with van der Waals surface area (Å²) in [7, 11) is 4.24. The molecule has 3 heteroatoms. The number of rotatable bonds is 37. The molecular weight excluding hydrogens is 538 g/mol. The zero-order valence-corrected chi connectivity index (χ0v) is 31.5. The van der Waals surface area contributed by atoms with Gasteiger partial charge in [0.2, 0.25) is 0 Å². The van der Waals surface area contributed by atoms with Gasteiger partial charge in [-0.05, 0) is 39.9 Å². The summed E-state index contributed by atoms with van der Waals surface area (Å²) in [4.78, 5) is 2.22. The van der Waals surface area contributed by atoms with Crippen molar-refractivity contribution in [2.24, 2.45) is 0 Å². The predicted octanol–water partition coefficient (Wildman–Crippen LogP) is 13.5. The number of nitrogens with zero attached hydrogens (tertiary/aromatic N) is 1. The Morgan fingerprint density at radius 2 is 0.591 bits per heavy atom. The van der Waals surface area contributed by atoms with Crippen molar-refractivity contribution in [2.75, 3.05) is 40.5 Å². The normalized spacial score (nSPS) is 11.3. The highest BCUT2D eigenvalue weighted by Gasteiger charge is 1.97. The first-order valence-electron chi connectivity index (χ1n) is 20.5. The van der Waals surface area contributed by atoms with Crippen LogP contribution in [0.3, 0.4) is 0 Å². The van der Waals surface area contributed by atoms with E-state index in [-0.39, 0.29) is 0 Å². The Morgan fingerprint density at radius 1 is 0.341 bits per heavy atom. The van der Waals surface area contributed by atoms with Gasteiger partial charge < -0.3 is 14.7 Å². The number of aliphatic hydroxyl groups is 1. The fourth-order valence-corrected chi connectivity index (χ4v) is 6.00. The molecule has 0 aromatic heterocycles. The molecule has 0 aliphatic rings. The first kappa shape index (κ1) is 46.0. The first-order valence-corrected chi connectivity index (χ1v) is 20.5. The van der Waals surface area contributed by atoms with Crippen LogP contribution < -0.4 is 0 Å². The van der Waals surface area contributed by atoms with Gasteiger partial charge in [-0.3, -0.25) is 0 Å². The quantitative estimate of drug-likeness (QED) is 0.0697. The SMILES string of the molecule is CCCCCCCCCCCCCCCCCCO.CCCCCCCCCCCCCCCCCCOCCCN(C)C. The molecule has 0 fully saturated rings. The highest BCUT2D eigenvalue weighted by Crippen LogP contribution is 2.15. The van der Waals surface area contributed by atoms with E-state index in [1.807, 2.05) is 0 Å². The lowest BCUT2D eigenvalue weighted by Crippen LogP contribution is -2.14. The summed E-state index contributed by atoms with van der Waals surface area (Å²) in [6.07, 6.45) is 46.2. The smallest absolute Gasteiger partial charge is 0.0478 e. The van der Waals surface area contributed by atoms with Crippen LogP contribution in [0.15, 0.2) is 0 Å². The van der Waals surface area contributed by atoms with Crippen molar-refractivity contribution >= 4 is 0 Å². The monoisotopic (exact) mass is 626 g/mol. The Kier molecular flexibility index (Phi) is 47.0. The van der Waals surface area contributed by atoms with Crippen LogP contribution in [0.1, 0.15) is 226 Å². The lowest BCUT2D eigenvalue weighted by Gasteiger charge is -2.09. The molecule has 0 aliphatic carbocycles. The zero-order chi connectivity index (χ0) is 32.4. The maximum atomic E-state index is 8.67. The van der Waals surface area contributed by atoms with E-state index in [4.69, 9.17) is 9.84 Å². The summed E-state index contributed by atoms with van der Waals surface area (Å²) in [5.41, 5.74) is 0. The Morgan fingerprint density at radius 3 is 0.864 bits per heavy atom. The molecule has 3 nitrogen and oxygen atoms in total. The fourth-order valence-electron chi connectivity index (χ4n) is 6.00. The Hall–Kier alpha value is -0.120. The van der Waals surface area contributed by atoms with E-state index < -0.39 is 0 Å². The zero-order valence-electron chi connectivity index (χ0n) is 31.5. The van der Waals surface area contributed by atoms with Gasteiger partial charge >= 0.3 is 0 Å². The summed E-state index contributed by atoms with van der Waals surface area (Å²) < 4.78 is 5.68. The van der Waals surface area contributed by atoms with Crippen molar-refractivity contribution in [3.05, 3.63) is 0 Å². The first-order chi connectivity index (χ1) is 21.7. The lowest BCUT2D eigenvalue weighted by molar-refractivity contribution is 0.122. The maximum Gasteiger partial charge on any atom is 0.0478 e. The van der Waals surface area contributed by atoms with Crippen LogP contribution in [-0.2, 0) is 4.74 Å². The minimum Gasteiger partial charge on any atom is -0.396 e. The highest BCUT2D eigenvalue weighted by molar-refractivity contribution is 4.51. The number of hydrogen-bond acceptors (Lipinski definition) is 3. The van der Waals surface area contributed by atoms with Gasteiger partial charge in [0, 0.05) is 19.8 Å². The van der Waals surface area contributed by atoms with Gasteiger partial charge in [-0.2, -0.15) is 0 Å². The van der Waals surface area contributed by atoms with Gasteiger partial charge in [0.1, 0.15) is 0 Å². The second-order valence-electron chi connectivity index (χ2n) is 14.1. The molecule has 1 N–H and O–H groups in total. The molecule has 0 aromatic rings. The van der Waals surface area contributed by atoms with Gasteiger partial charge in [0.15, 0.2) is 0 Å². The molecule has 0 heterocycles. The molecule has 0 atom stereocenters. The summed E-state index contributed by atoms with van der Waals surface area (Å²) in [6.45, 7) is 7.98. The highest BCUT2D eigenvalue weighted by atomic mass is 16.5. The molecule has 0 saturated carbocycles. The van der Waals surface area contributed by atoms with Crippen molar-refractivity contribution in [1.82, 2.24) is 4.90 Å². The van der Waals surface area contributed by atoms with Gasteiger partial charge in [0.25, 0.3) is 0 Å². The van der Waals surface area contributed by atoms with Crippen molar-refractivity contribution in [2.45, 2.75) is 226 Å². The summed E-state index contributed by atoms with van der Waals surface area (Å²) in [5.74, 6) is 0. The molecule has 0 radical (unpaired) electrons. The Labute approximate surface area is 280 Å². The number of hydrogen-bond donors (Lipinski definition) is 1. The topological polar surface area (TPSA) is 32.7 Å². The van der Waals surface area contributed by atoms with Crippen LogP contribution in [0, 0.1) is 0 Å². The Balaban J connectivity index is 0. The molecule has 44 heavy (non-hydrogen) atoms. The van der Waals surface area contributed by atoms with Crippen molar-refractivity contribution < 1.29 is 9.84 Å². The molecular formula is C41H87NO2. The average Bonchev–Trinajstić information content (AvgIpc) is 3.02. The van der Waals surface area contributed by atoms with Crippen LogP contribution in [0.5, 0.6) is 0 Å². The van der Waals surface area contributed by atoms with Crippen molar-refractivity contribution in [1.29, 1.82) is 0 Å². The van der Waals surface area contributed by atoms with E-state index in [9.17, 15) is 0 Å². The number of aliphatic hydroxyl groups excluding tert-OH is 1. The molecule has 268 valence electrons. The van der Waals surface area contributed by atoms with Gasteiger partial charge in [-0.25, -0.2) is 0 Å². The van der Waals surface area contributed by atoms with E-state index >= 15 is 0 Å². The molecule has 0 spiro atoms. The molecule has 0 aliphatic heterocycles. The second kappa shape index (κ2) is 45.0. The number of ether oxygens (including phenoxy) is 1. The van der Waals surface area contributed by atoms with E-state index in [1.54, 1.807) is 0 Å². The van der Waals surface area contributed by atoms with E-state index in [1.165, 1.54) is 199 Å². The Bertz CT molecular complexity index is 440. The summed E-state index contributed by atoms with van der Waals surface area (Å²) in [5, 5.41) is 8.67. The third-order valence-corrected chi connectivity index (χ3v) is 9.05. The van der Waals surface area contributed by atoms with Crippen LogP contribution in [-0.4, -0.2) is 50.5 Å². The predicted molar refractivity (Wildman–Crippen MR) is 200 cm³/mol. The van der Waals surface area contributed by atoms with Crippen LogP contribution in [0.2, 0.25) is 0 Å². The third kappa shape index (κ3) is 48.8. The van der Waals surface area contributed by atoms with Crippen LogP contribution in [0.4, 0.5) is 0 Å².